The average molecular weight is 399 g/mol. The van der Waals surface area contributed by atoms with E-state index in [1.165, 1.54) is 0 Å². The number of benzene rings is 3. The minimum atomic E-state index is -0.918. The Bertz CT molecular complexity index is 1080. The predicted molar refractivity (Wildman–Crippen MR) is 118 cm³/mol. The summed E-state index contributed by atoms with van der Waals surface area (Å²) in [6, 6.07) is 25.5. The maximum Gasteiger partial charge on any atom is 0.236 e. The van der Waals surface area contributed by atoms with Crippen LogP contribution in [0.3, 0.4) is 0 Å². The van der Waals surface area contributed by atoms with Crippen LogP contribution in [0.1, 0.15) is 36.0 Å². The van der Waals surface area contributed by atoms with Crippen LogP contribution in [0.2, 0.25) is 0 Å². The molecular weight excluding hydrogens is 374 g/mol. The molecule has 0 spiro atoms. The molecule has 2 atom stereocenters. The van der Waals surface area contributed by atoms with Crippen LogP contribution in [-0.4, -0.2) is 18.8 Å². The molecule has 0 saturated carbocycles. The van der Waals surface area contributed by atoms with Crippen LogP contribution in [-0.2, 0) is 21.4 Å². The molecule has 0 saturated heterocycles. The summed E-state index contributed by atoms with van der Waals surface area (Å²) in [5, 5.41) is 3.08. The molecule has 0 radical (unpaired) electrons. The number of ether oxygens (including phenoxy) is 1. The smallest absolute Gasteiger partial charge is 0.236 e. The highest BCUT2D eigenvalue weighted by Crippen LogP contribution is 2.52. The van der Waals surface area contributed by atoms with Gasteiger partial charge in [0, 0.05) is 18.0 Å². The van der Waals surface area contributed by atoms with Gasteiger partial charge in [-0.25, -0.2) is 0 Å². The fourth-order valence-electron chi connectivity index (χ4n) is 4.69. The number of anilines is 1. The predicted octanol–water partition coefficient (Wildman–Crippen LogP) is 4.89. The third-order valence-corrected chi connectivity index (χ3v) is 5.99. The first-order valence-electron chi connectivity index (χ1n) is 10.1. The molecule has 1 heterocycles. The molecule has 30 heavy (non-hydrogen) atoms. The number of para-hydroxylation sites is 2. The number of ketones is 1. The summed E-state index contributed by atoms with van der Waals surface area (Å²) in [4.78, 5) is 26.1. The van der Waals surface area contributed by atoms with Gasteiger partial charge in [0.2, 0.25) is 5.91 Å². The van der Waals surface area contributed by atoms with Gasteiger partial charge in [0.25, 0.3) is 0 Å². The van der Waals surface area contributed by atoms with Crippen molar-refractivity contribution in [1.82, 2.24) is 0 Å². The van der Waals surface area contributed by atoms with Crippen molar-refractivity contribution < 1.29 is 14.3 Å². The maximum absolute atomic E-state index is 13.7. The normalized spacial score (nSPS) is 18.4. The molecule has 1 aliphatic heterocycles. The zero-order chi connectivity index (χ0) is 21.1. The van der Waals surface area contributed by atoms with E-state index in [-0.39, 0.29) is 24.0 Å². The van der Waals surface area contributed by atoms with E-state index in [4.69, 9.17) is 4.74 Å². The quantitative estimate of drug-likeness (QED) is 0.615. The third-order valence-electron chi connectivity index (χ3n) is 5.99. The minimum absolute atomic E-state index is 0.0375. The van der Waals surface area contributed by atoms with Crippen LogP contribution in [0.4, 0.5) is 5.69 Å². The summed E-state index contributed by atoms with van der Waals surface area (Å²) >= 11 is 0. The lowest BCUT2D eigenvalue weighted by atomic mass is 9.63. The van der Waals surface area contributed by atoms with E-state index in [2.05, 4.69) is 5.32 Å². The number of fused-ring (bicyclic) bond motifs is 1. The molecule has 0 aliphatic carbocycles. The monoisotopic (exact) mass is 399 g/mol. The van der Waals surface area contributed by atoms with Gasteiger partial charge in [0.15, 0.2) is 0 Å². The van der Waals surface area contributed by atoms with Crippen molar-refractivity contribution >= 4 is 17.4 Å². The summed E-state index contributed by atoms with van der Waals surface area (Å²) in [6.07, 6.45) is 0.738. The molecule has 4 rings (SSSR count). The zero-order valence-corrected chi connectivity index (χ0v) is 17.2. The van der Waals surface area contributed by atoms with Gasteiger partial charge in [-0.3, -0.25) is 4.79 Å². The van der Waals surface area contributed by atoms with Crippen molar-refractivity contribution in [3.8, 4) is 5.75 Å². The summed E-state index contributed by atoms with van der Waals surface area (Å²) in [6.45, 7) is 1.58. The van der Waals surface area contributed by atoms with Crippen LogP contribution in [0.5, 0.6) is 5.75 Å². The van der Waals surface area contributed by atoms with Gasteiger partial charge in [-0.1, -0.05) is 66.7 Å². The lowest BCUT2D eigenvalue weighted by Crippen LogP contribution is -2.43. The van der Waals surface area contributed by atoms with E-state index >= 15 is 0 Å². The molecule has 0 fully saturated rings. The topological polar surface area (TPSA) is 55.4 Å². The van der Waals surface area contributed by atoms with E-state index in [9.17, 15) is 9.59 Å². The number of amides is 1. The Morgan fingerprint density at radius 2 is 1.63 bits per heavy atom. The molecule has 4 heteroatoms. The molecule has 1 aliphatic rings. The van der Waals surface area contributed by atoms with Crippen LogP contribution < -0.4 is 10.1 Å². The van der Waals surface area contributed by atoms with Crippen LogP contribution in [0, 0.1) is 0 Å². The standard InChI is InChI=1S/C26H25NO3/c1-18(28)16-22(20-12-6-9-15-24(20)30-2)26(17-19-10-4-3-5-11-19)21-13-7-8-14-23(21)27-25(26)29/h3-15,22H,16-17H2,1-2H3,(H,27,29)/t22-,26+/m0/s1. The van der Waals surface area contributed by atoms with E-state index in [0.717, 1.165) is 22.4 Å². The Morgan fingerprint density at radius 1 is 0.967 bits per heavy atom. The molecule has 0 unspecified atom stereocenters. The van der Waals surface area contributed by atoms with Gasteiger partial charge in [-0.2, -0.15) is 0 Å². The molecule has 0 bridgehead atoms. The van der Waals surface area contributed by atoms with Gasteiger partial charge in [-0.05, 0) is 42.2 Å². The summed E-state index contributed by atoms with van der Waals surface area (Å²) in [5.74, 6) is 0.281. The Hall–Kier alpha value is -3.40. The van der Waals surface area contributed by atoms with Crippen LogP contribution in [0.15, 0.2) is 78.9 Å². The molecule has 1 amide bonds. The number of carbonyl (C=O) groups excluding carboxylic acids is 2. The number of rotatable bonds is 7. The highest BCUT2D eigenvalue weighted by Gasteiger charge is 2.53. The maximum atomic E-state index is 13.7. The molecule has 3 aromatic rings. The van der Waals surface area contributed by atoms with Gasteiger partial charge >= 0.3 is 0 Å². The first-order chi connectivity index (χ1) is 14.6. The van der Waals surface area contributed by atoms with Gasteiger partial charge in [-0.15, -0.1) is 0 Å². The number of nitrogens with one attached hydrogen (secondary N) is 1. The Balaban J connectivity index is 1.98. The highest BCUT2D eigenvalue weighted by molar-refractivity contribution is 6.07. The molecular formula is C26H25NO3. The van der Waals surface area contributed by atoms with Crippen molar-refractivity contribution in [2.24, 2.45) is 0 Å². The molecule has 0 aromatic heterocycles. The minimum Gasteiger partial charge on any atom is -0.496 e. The van der Waals surface area contributed by atoms with Crippen LogP contribution in [0.25, 0.3) is 0 Å². The van der Waals surface area contributed by atoms with Crippen molar-refractivity contribution in [3.63, 3.8) is 0 Å². The second kappa shape index (κ2) is 8.15. The fraction of sp³-hybridized carbons (Fsp3) is 0.231. The van der Waals surface area contributed by atoms with Gasteiger partial charge in [0.05, 0.1) is 12.5 Å². The lowest BCUT2D eigenvalue weighted by molar-refractivity contribution is -0.122. The fourth-order valence-corrected chi connectivity index (χ4v) is 4.69. The van der Waals surface area contributed by atoms with Gasteiger partial charge in [0.1, 0.15) is 11.5 Å². The SMILES string of the molecule is COc1ccccc1[C@H](CC(C)=O)[C@]1(Cc2ccccc2)C(=O)Nc2ccccc21. The molecule has 152 valence electrons. The Kier molecular flexibility index (Phi) is 5.40. The second-order valence-electron chi connectivity index (χ2n) is 7.83. The number of Topliss-reactive ketones (excluding diaryl/α,β-unsaturated/α-hetero) is 1. The first-order valence-corrected chi connectivity index (χ1v) is 10.1. The van der Waals surface area contributed by atoms with Crippen LogP contribution >= 0.6 is 0 Å². The summed E-state index contributed by atoms with van der Waals surface area (Å²) in [7, 11) is 1.62. The molecule has 4 nitrogen and oxygen atoms in total. The van der Waals surface area contributed by atoms with E-state index in [0.29, 0.717) is 12.2 Å². The third kappa shape index (κ3) is 3.39. The number of methoxy groups -OCH3 is 1. The molecule has 1 N–H and O–H groups in total. The van der Waals surface area contributed by atoms with Crippen molar-refractivity contribution in [2.45, 2.75) is 31.1 Å². The number of hydrogen-bond donors (Lipinski definition) is 1. The van der Waals surface area contributed by atoms with Crippen molar-refractivity contribution in [2.75, 3.05) is 12.4 Å². The number of carbonyl (C=O) groups is 2. The van der Waals surface area contributed by atoms with Crippen molar-refractivity contribution in [3.05, 3.63) is 95.6 Å². The largest absolute Gasteiger partial charge is 0.496 e. The van der Waals surface area contributed by atoms with E-state index < -0.39 is 5.41 Å². The van der Waals surface area contributed by atoms with E-state index in [1.54, 1.807) is 14.0 Å². The first kappa shape index (κ1) is 19.9. The zero-order valence-electron chi connectivity index (χ0n) is 17.2. The summed E-state index contributed by atoms with van der Waals surface area (Å²) < 4.78 is 5.64. The summed E-state index contributed by atoms with van der Waals surface area (Å²) in [5.41, 5.74) is 2.74. The highest BCUT2D eigenvalue weighted by atomic mass is 16.5. The Labute approximate surface area is 176 Å². The van der Waals surface area contributed by atoms with Gasteiger partial charge < -0.3 is 14.8 Å². The number of hydrogen-bond acceptors (Lipinski definition) is 3. The molecule has 3 aromatic carbocycles. The Morgan fingerprint density at radius 3 is 2.37 bits per heavy atom. The second-order valence-corrected chi connectivity index (χ2v) is 7.83. The lowest BCUT2D eigenvalue weighted by Gasteiger charge is -2.37. The average Bonchev–Trinajstić information content (AvgIpc) is 3.04. The van der Waals surface area contributed by atoms with Crippen molar-refractivity contribution in [1.29, 1.82) is 0 Å². The van der Waals surface area contributed by atoms with E-state index in [1.807, 2.05) is 78.9 Å².